The zero-order valence-corrected chi connectivity index (χ0v) is 21.8. The minimum Gasteiger partial charge on any atom is -0.465 e. The average molecular weight is 531 g/mol. The van der Waals surface area contributed by atoms with E-state index in [1.165, 1.54) is 7.05 Å². The molecule has 1 aromatic heterocycles. The van der Waals surface area contributed by atoms with E-state index in [0.29, 0.717) is 35.5 Å². The van der Waals surface area contributed by atoms with Gasteiger partial charge in [-0.3, -0.25) is 14.3 Å². The summed E-state index contributed by atoms with van der Waals surface area (Å²) in [6.07, 6.45) is 4.77. The van der Waals surface area contributed by atoms with Crippen LogP contribution < -0.4 is 15.5 Å². The van der Waals surface area contributed by atoms with Crippen LogP contribution in [-0.2, 0) is 29.5 Å². The fourth-order valence-electron chi connectivity index (χ4n) is 5.40. The Hall–Kier alpha value is -4.67. The van der Waals surface area contributed by atoms with E-state index < -0.39 is 30.4 Å². The number of carbonyl (C=O) groups is 4. The van der Waals surface area contributed by atoms with Gasteiger partial charge in [-0.25, -0.2) is 14.5 Å². The third-order valence-corrected chi connectivity index (χ3v) is 7.33. The van der Waals surface area contributed by atoms with Crippen molar-refractivity contribution < 1.29 is 24.3 Å². The van der Waals surface area contributed by atoms with Crippen molar-refractivity contribution in [3.05, 3.63) is 65.5 Å². The Balaban J connectivity index is 1.32. The van der Waals surface area contributed by atoms with E-state index in [0.717, 1.165) is 40.8 Å². The number of aryl methyl sites for hydroxylation is 3. The number of anilines is 2. The normalized spacial score (nSPS) is 15.7. The van der Waals surface area contributed by atoms with Crippen molar-refractivity contribution in [1.82, 2.24) is 20.0 Å². The van der Waals surface area contributed by atoms with Crippen molar-refractivity contribution in [1.29, 1.82) is 0 Å². The van der Waals surface area contributed by atoms with Crippen LogP contribution in [0, 0.1) is 0 Å². The molecule has 202 valence electrons. The Morgan fingerprint density at radius 1 is 1.08 bits per heavy atom. The maximum atomic E-state index is 13.4. The highest BCUT2D eigenvalue weighted by molar-refractivity contribution is 6.03. The zero-order chi connectivity index (χ0) is 27.7. The van der Waals surface area contributed by atoms with E-state index in [9.17, 15) is 24.3 Å². The summed E-state index contributed by atoms with van der Waals surface area (Å²) >= 11 is 0. The second-order valence-electron chi connectivity index (χ2n) is 9.81. The lowest BCUT2D eigenvalue weighted by Crippen LogP contribution is -2.47. The van der Waals surface area contributed by atoms with Gasteiger partial charge in [-0.05, 0) is 72.2 Å². The van der Waals surface area contributed by atoms with Crippen molar-refractivity contribution in [3.63, 3.8) is 0 Å². The van der Waals surface area contributed by atoms with Gasteiger partial charge in [0.25, 0.3) is 0 Å². The van der Waals surface area contributed by atoms with E-state index in [1.807, 2.05) is 31.4 Å². The van der Waals surface area contributed by atoms with Gasteiger partial charge in [-0.1, -0.05) is 12.1 Å². The van der Waals surface area contributed by atoms with Crippen molar-refractivity contribution in [3.8, 4) is 11.1 Å². The number of hydrogen-bond donors (Lipinski definition) is 3. The van der Waals surface area contributed by atoms with Crippen LogP contribution in [0.2, 0.25) is 0 Å². The van der Waals surface area contributed by atoms with Crippen LogP contribution in [0.4, 0.5) is 21.0 Å². The number of fused-ring (bicyclic) bond motifs is 2. The van der Waals surface area contributed by atoms with Crippen LogP contribution in [0.1, 0.15) is 35.4 Å². The van der Waals surface area contributed by atoms with Crippen LogP contribution in [-0.4, -0.2) is 63.9 Å². The van der Waals surface area contributed by atoms with Gasteiger partial charge in [0.15, 0.2) is 0 Å². The van der Waals surface area contributed by atoms with E-state index in [2.05, 4.69) is 15.7 Å². The molecule has 0 radical (unpaired) electrons. The molecule has 11 nitrogen and oxygen atoms in total. The number of carbonyl (C=O) groups excluding carboxylic acids is 3. The number of amides is 5. The van der Waals surface area contributed by atoms with Gasteiger partial charge in [0.2, 0.25) is 11.8 Å². The Morgan fingerprint density at radius 2 is 1.90 bits per heavy atom. The second-order valence-corrected chi connectivity index (χ2v) is 9.81. The molecule has 5 rings (SSSR count). The Labute approximate surface area is 225 Å². The number of imide groups is 1. The SMILES string of the molecule is CNC(=O)Nc1ccc2c(c1)CC[C@@H]2C(=O)N(CC(=O)N1CCCc2cc(-c3cnn(C)c3)ccc21)C(=O)O. The van der Waals surface area contributed by atoms with Gasteiger partial charge in [-0.15, -0.1) is 0 Å². The number of aromatic nitrogens is 2. The van der Waals surface area contributed by atoms with Gasteiger partial charge in [0, 0.05) is 43.8 Å². The van der Waals surface area contributed by atoms with E-state index in [-0.39, 0.29) is 6.03 Å². The van der Waals surface area contributed by atoms with Crippen LogP contribution in [0.3, 0.4) is 0 Å². The summed E-state index contributed by atoms with van der Waals surface area (Å²) in [7, 11) is 3.37. The molecule has 1 atom stereocenters. The largest absolute Gasteiger partial charge is 0.465 e. The van der Waals surface area contributed by atoms with Gasteiger partial charge < -0.3 is 20.6 Å². The molecule has 1 aliphatic heterocycles. The van der Waals surface area contributed by atoms with Crippen LogP contribution >= 0.6 is 0 Å². The highest BCUT2D eigenvalue weighted by Gasteiger charge is 2.37. The van der Waals surface area contributed by atoms with Gasteiger partial charge in [-0.2, -0.15) is 5.10 Å². The molecule has 2 heterocycles. The zero-order valence-electron chi connectivity index (χ0n) is 21.8. The van der Waals surface area contributed by atoms with Gasteiger partial charge >= 0.3 is 12.1 Å². The molecule has 0 spiro atoms. The molecule has 0 unspecified atom stereocenters. The standard InChI is InChI=1S/C28H30N6O5/c1-29-27(37)31-21-7-9-22-18(13-21)5-8-23(22)26(36)34(28(38)39)16-25(35)33-11-3-4-19-12-17(6-10-24(19)33)20-14-30-32(2)15-20/h6-7,9-10,12-15,23H,3-5,8,11,16H2,1-2H3,(H,38,39)(H2,29,31,37)/t23-/m0/s1. The molecular formula is C28H30N6O5. The number of urea groups is 1. The third-order valence-electron chi connectivity index (χ3n) is 7.33. The van der Waals surface area contributed by atoms with Crippen molar-refractivity contribution in [2.45, 2.75) is 31.6 Å². The highest BCUT2D eigenvalue weighted by atomic mass is 16.4. The summed E-state index contributed by atoms with van der Waals surface area (Å²) in [5, 5.41) is 19.3. The van der Waals surface area contributed by atoms with Gasteiger partial charge in [0.1, 0.15) is 6.54 Å². The molecule has 5 amide bonds. The van der Waals surface area contributed by atoms with Crippen molar-refractivity contribution >= 4 is 35.3 Å². The van der Waals surface area contributed by atoms with Crippen LogP contribution in [0.5, 0.6) is 0 Å². The number of benzene rings is 2. The quantitative estimate of drug-likeness (QED) is 0.463. The molecule has 0 fully saturated rings. The Kier molecular flexibility index (Phi) is 7.05. The molecule has 39 heavy (non-hydrogen) atoms. The number of rotatable bonds is 5. The first kappa shape index (κ1) is 26.0. The van der Waals surface area contributed by atoms with E-state index in [4.69, 9.17) is 0 Å². The molecule has 3 aromatic rings. The molecule has 2 aliphatic rings. The number of hydrogen-bond acceptors (Lipinski definition) is 5. The van der Waals surface area contributed by atoms with Crippen LogP contribution in [0.25, 0.3) is 11.1 Å². The summed E-state index contributed by atoms with van der Waals surface area (Å²) in [5.41, 5.74) is 5.86. The summed E-state index contributed by atoms with van der Waals surface area (Å²) in [6.45, 7) is -0.104. The third kappa shape index (κ3) is 5.20. The maximum Gasteiger partial charge on any atom is 0.414 e. The molecule has 0 saturated carbocycles. The lowest BCUT2D eigenvalue weighted by Gasteiger charge is -2.31. The monoisotopic (exact) mass is 530 g/mol. The predicted octanol–water partition coefficient (Wildman–Crippen LogP) is 3.35. The molecule has 11 heteroatoms. The number of nitrogens with one attached hydrogen (secondary N) is 2. The number of nitrogens with zero attached hydrogens (tertiary/aromatic N) is 4. The molecular weight excluding hydrogens is 500 g/mol. The van der Waals surface area contributed by atoms with E-state index >= 15 is 0 Å². The molecule has 3 N–H and O–H groups in total. The van der Waals surface area contributed by atoms with Crippen molar-refractivity contribution in [2.24, 2.45) is 7.05 Å². The van der Waals surface area contributed by atoms with Crippen molar-refractivity contribution in [2.75, 3.05) is 30.4 Å². The number of carboxylic acid groups (broad SMARTS) is 1. The molecule has 0 bridgehead atoms. The molecule has 1 aliphatic carbocycles. The van der Waals surface area contributed by atoms with E-state index in [1.54, 1.807) is 34.0 Å². The smallest absolute Gasteiger partial charge is 0.414 e. The summed E-state index contributed by atoms with van der Waals surface area (Å²) in [4.78, 5) is 52.8. The van der Waals surface area contributed by atoms with Gasteiger partial charge in [0.05, 0.1) is 12.1 Å². The summed E-state index contributed by atoms with van der Waals surface area (Å²) in [6, 6.07) is 10.7. The minimum absolute atomic E-state index is 0.358. The highest BCUT2D eigenvalue weighted by Crippen LogP contribution is 2.36. The topological polar surface area (TPSA) is 137 Å². The van der Waals surface area contributed by atoms with Crippen LogP contribution in [0.15, 0.2) is 48.8 Å². The summed E-state index contributed by atoms with van der Waals surface area (Å²) in [5.74, 6) is -1.73. The average Bonchev–Trinajstić information content (AvgIpc) is 3.56. The fraction of sp³-hybridized carbons (Fsp3) is 0.321. The Morgan fingerprint density at radius 3 is 2.62 bits per heavy atom. The fourth-order valence-corrected chi connectivity index (χ4v) is 5.40. The molecule has 0 saturated heterocycles. The summed E-state index contributed by atoms with van der Waals surface area (Å²) < 4.78 is 1.73. The maximum absolute atomic E-state index is 13.4. The predicted molar refractivity (Wildman–Crippen MR) is 145 cm³/mol. The first-order valence-electron chi connectivity index (χ1n) is 12.8. The minimum atomic E-state index is -1.45. The first-order valence-corrected chi connectivity index (χ1v) is 12.8. The Bertz CT molecular complexity index is 1460. The molecule has 2 aromatic carbocycles. The first-order chi connectivity index (χ1) is 18.7. The second kappa shape index (κ2) is 10.6. The lowest BCUT2D eigenvalue weighted by molar-refractivity contribution is -0.134. The lowest BCUT2D eigenvalue weighted by atomic mass is 9.97.